The van der Waals surface area contributed by atoms with Crippen molar-refractivity contribution in [2.45, 2.75) is 26.1 Å². The summed E-state index contributed by atoms with van der Waals surface area (Å²) < 4.78 is 31.7. The van der Waals surface area contributed by atoms with Gasteiger partial charge in [-0.1, -0.05) is 18.2 Å². The van der Waals surface area contributed by atoms with Gasteiger partial charge < -0.3 is 20.2 Å². The minimum atomic E-state index is -5.08. The Balaban J connectivity index is 0.000000454. The highest BCUT2D eigenvalue weighted by molar-refractivity contribution is 7.09. The smallest absolute Gasteiger partial charge is 0.475 e. The lowest BCUT2D eigenvalue weighted by atomic mass is 9.86. The van der Waals surface area contributed by atoms with Gasteiger partial charge in [0.1, 0.15) is 5.01 Å². The van der Waals surface area contributed by atoms with Crippen molar-refractivity contribution in [3.8, 4) is 0 Å². The van der Waals surface area contributed by atoms with E-state index in [1.807, 2.05) is 58.6 Å². The number of likely N-dealkylation sites (tertiary alicyclic amines) is 1. The van der Waals surface area contributed by atoms with Gasteiger partial charge in [0.2, 0.25) is 5.91 Å². The predicted molar refractivity (Wildman–Crippen MR) is 127 cm³/mol. The van der Waals surface area contributed by atoms with Crippen LogP contribution in [0, 0.1) is 5.41 Å². The third kappa shape index (κ3) is 7.40. The Kier molecular flexibility index (Phi) is 8.90. The molecule has 2 aliphatic heterocycles. The summed E-state index contributed by atoms with van der Waals surface area (Å²) in [5, 5.41) is 13.2. The van der Waals surface area contributed by atoms with Crippen molar-refractivity contribution in [2.75, 3.05) is 44.6 Å². The molecule has 1 unspecified atom stereocenters. The molecule has 1 aromatic carbocycles. The lowest BCUT2D eigenvalue weighted by Crippen LogP contribution is -2.45. The first kappa shape index (κ1) is 27.4. The summed E-state index contributed by atoms with van der Waals surface area (Å²) in [6, 6.07) is 9.41. The molecule has 9 nitrogen and oxygen atoms in total. The maximum Gasteiger partial charge on any atom is 0.490 e. The van der Waals surface area contributed by atoms with Crippen molar-refractivity contribution >= 4 is 34.9 Å². The van der Waals surface area contributed by atoms with Crippen LogP contribution in [0.25, 0.3) is 0 Å². The highest BCUT2D eigenvalue weighted by atomic mass is 32.1. The van der Waals surface area contributed by atoms with Gasteiger partial charge in [-0.25, -0.2) is 14.6 Å². The van der Waals surface area contributed by atoms with E-state index in [0.29, 0.717) is 32.6 Å². The number of anilines is 1. The number of nitrogens with zero attached hydrogens (tertiary/aromatic N) is 4. The van der Waals surface area contributed by atoms with Gasteiger partial charge in [-0.3, -0.25) is 9.69 Å². The average molecular weight is 528 g/mol. The van der Waals surface area contributed by atoms with E-state index in [2.05, 4.69) is 15.2 Å². The Labute approximate surface area is 210 Å². The summed E-state index contributed by atoms with van der Waals surface area (Å²) in [5.74, 6) is -2.57. The predicted octanol–water partition coefficient (Wildman–Crippen LogP) is 3.36. The van der Waals surface area contributed by atoms with Gasteiger partial charge in [0.25, 0.3) is 0 Å². The largest absolute Gasteiger partial charge is 0.490 e. The fourth-order valence-electron chi connectivity index (χ4n) is 4.39. The molecule has 1 aromatic heterocycles. The van der Waals surface area contributed by atoms with E-state index >= 15 is 0 Å². The number of aromatic nitrogens is 1. The number of amides is 3. The first-order valence-electron chi connectivity index (χ1n) is 11.3. The van der Waals surface area contributed by atoms with Crippen LogP contribution >= 0.6 is 11.3 Å². The number of urea groups is 1. The summed E-state index contributed by atoms with van der Waals surface area (Å²) >= 11 is 1.65. The zero-order valence-corrected chi connectivity index (χ0v) is 20.5. The second-order valence-electron chi connectivity index (χ2n) is 8.74. The van der Waals surface area contributed by atoms with E-state index in [4.69, 9.17) is 9.90 Å². The van der Waals surface area contributed by atoms with E-state index in [1.165, 1.54) is 0 Å². The number of halogens is 3. The second kappa shape index (κ2) is 11.7. The van der Waals surface area contributed by atoms with Gasteiger partial charge in [0, 0.05) is 68.4 Å². The molecule has 4 rings (SSSR count). The minimum absolute atomic E-state index is 0.103. The lowest BCUT2D eigenvalue weighted by Gasteiger charge is -2.33. The fraction of sp³-hybridized carbons (Fsp3) is 0.478. The monoisotopic (exact) mass is 527 g/mol. The number of carboxylic acid groups (broad SMARTS) is 1. The average Bonchev–Trinajstić information content (AvgIpc) is 3.39. The highest BCUT2D eigenvalue weighted by Gasteiger charge is 2.47. The molecule has 0 radical (unpaired) electrons. The van der Waals surface area contributed by atoms with E-state index in [9.17, 15) is 22.8 Å². The molecule has 3 amide bonds. The Morgan fingerprint density at radius 1 is 1.17 bits per heavy atom. The molecule has 0 aliphatic carbocycles. The van der Waals surface area contributed by atoms with Crippen molar-refractivity contribution in [1.29, 1.82) is 0 Å². The maximum atomic E-state index is 13.0. The summed E-state index contributed by atoms with van der Waals surface area (Å²) in [7, 11) is 0. The van der Waals surface area contributed by atoms with Gasteiger partial charge in [0.05, 0.1) is 6.54 Å². The minimum Gasteiger partial charge on any atom is -0.475 e. The highest BCUT2D eigenvalue weighted by Crippen LogP contribution is 2.35. The number of alkyl halides is 3. The number of para-hydroxylation sites is 1. The SMILES string of the molecule is CCN1CC2(CC1=O)CN(Cc1nccs1)CCN(C(=O)Nc1ccccc1)C2.O=C(O)C(F)(F)F. The van der Waals surface area contributed by atoms with Gasteiger partial charge >= 0.3 is 18.2 Å². The number of carboxylic acids is 1. The molecular weight excluding hydrogens is 499 g/mol. The fourth-order valence-corrected chi connectivity index (χ4v) is 5.04. The molecule has 1 atom stereocenters. The van der Waals surface area contributed by atoms with E-state index in [0.717, 1.165) is 30.3 Å². The number of nitrogens with one attached hydrogen (secondary N) is 1. The molecule has 13 heteroatoms. The number of hydrogen-bond acceptors (Lipinski definition) is 6. The molecule has 2 saturated heterocycles. The molecule has 196 valence electrons. The van der Waals surface area contributed by atoms with Crippen LogP contribution in [-0.2, 0) is 16.1 Å². The first-order chi connectivity index (χ1) is 17.0. The zero-order chi connectivity index (χ0) is 26.3. The van der Waals surface area contributed by atoms with Gasteiger partial charge in [0.15, 0.2) is 0 Å². The Hall–Kier alpha value is -3.19. The number of benzene rings is 1. The lowest BCUT2D eigenvalue weighted by molar-refractivity contribution is -0.192. The van der Waals surface area contributed by atoms with Crippen molar-refractivity contribution < 1.29 is 32.7 Å². The van der Waals surface area contributed by atoms with Crippen molar-refractivity contribution in [3.63, 3.8) is 0 Å². The molecule has 2 N–H and O–H groups in total. The van der Waals surface area contributed by atoms with E-state index in [-0.39, 0.29) is 17.4 Å². The van der Waals surface area contributed by atoms with Crippen molar-refractivity contribution in [3.05, 3.63) is 46.9 Å². The van der Waals surface area contributed by atoms with Crippen molar-refractivity contribution in [2.24, 2.45) is 5.41 Å². The summed E-state index contributed by atoms with van der Waals surface area (Å²) in [5.41, 5.74) is 0.544. The van der Waals surface area contributed by atoms with Crippen LogP contribution in [0.1, 0.15) is 18.4 Å². The first-order valence-corrected chi connectivity index (χ1v) is 12.2. The maximum absolute atomic E-state index is 13.0. The number of rotatable bonds is 4. The van der Waals surface area contributed by atoms with Crippen LogP contribution in [0.2, 0.25) is 0 Å². The summed E-state index contributed by atoms with van der Waals surface area (Å²) in [6.07, 6.45) is -2.77. The number of carbonyl (C=O) groups excluding carboxylic acids is 2. The second-order valence-corrected chi connectivity index (χ2v) is 9.72. The normalized spacial score (nSPS) is 20.6. The van der Waals surface area contributed by atoms with Gasteiger partial charge in [-0.15, -0.1) is 11.3 Å². The molecular formula is C23H28F3N5O4S. The van der Waals surface area contributed by atoms with Crippen LogP contribution in [0.4, 0.5) is 23.7 Å². The standard InChI is InChI=1S/C21H27N5O2S.C2HF3O2/c1-2-25-15-21(12-19(25)27)14-24(13-18-22-8-11-29-18)9-10-26(16-21)20(28)23-17-6-4-3-5-7-17;3-2(4,5)1(6)7/h3-8,11H,2,9-10,12-16H2,1H3,(H,23,28);(H,6,7). The third-order valence-electron chi connectivity index (χ3n) is 5.96. The van der Waals surface area contributed by atoms with Crippen LogP contribution in [0.3, 0.4) is 0 Å². The molecule has 0 bridgehead atoms. The molecule has 2 aliphatic rings. The molecule has 2 aromatic rings. The molecule has 0 saturated carbocycles. The number of carbonyl (C=O) groups is 3. The molecule has 2 fully saturated rings. The Bertz CT molecular complexity index is 1040. The van der Waals surface area contributed by atoms with E-state index in [1.54, 1.807) is 11.3 Å². The third-order valence-corrected chi connectivity index (χ3v) is 6.72. The van der Waals surface area contributed by atoms with Gasteiger partial charge in [-0.2, -0.15) is 13.2 Å². The van der Waals surface area contributed by atoms with Crippen LogP contribution in [-0.4, -0.2) is 88.1 Å². The van der Waals surface area contributed by atoms with Crippen LogP contribution < -0.4 is 5.32 Å². The van der Waals surface area contributed by atoms with E-state index < -0.39 is 12.1 Å². The molecule has 36 heavy (non-hydrogen) atoms. The van der Waals surface area contributed by atoms with Crippen LogP contribution in [0.5, 0.6) is 0 Å². The zero-order valence-electron chi connectivity index (χ0n) is 19.7. The molecule has 1 spiro atoms. The van der Waals surface area contributed by atoms with Crippen molar-refractivity contribution in [1.82, 2.24) is 19.7 Å². The van der Waals surface area contributed by atoms with Crippen LogP contribution in [0.15, 0.2) is 41.9 Å². The molecule has 3 heterocycles. The topological polar surface area (TPSA) is 106 Å². The quantitative estimate of drug-likeness (QED) is 0.632. The number of aliphatic carboxylic acids is 1. The Morgan fingerprint density at radius 2 is 1.86 bits per heavy atom. The van der Waals surface area contributed by atoms with Gasteiger partial charge in [-0.05, 0) is 19.1 Å². The number of thiazole rings is 1. The number of hydrogen-bond donors (Lipinski definition) is 2. The summed E-state index contributed by atoms with van der Waals surface area (Å²) in [6.45, 7) is 6.96. The summed E-state index contributed by atoms with van der Waals surface area (Å²) in [4.78, 5) is 45.0. The Morgan fingerprint density at radius 3 is 2.42 bits per heavy atom.